The van der Waals surface area contributed by atoms with Gasteiger partial charge in [0.2, 0.25) is 0 Å². The summed E-state index contributed by atoms with van der Waals surface area (Å²) in [4.78, 5) is 28.9. The number of aromatic hydroxyl groups is 1. The number of nitrogens with two attached hydrogens (primary N) is 1. The first-order chi connectivity index (χ1) is 28.1. The number of carbonyl (C=O) groups excluding carboxylic acids is 1. The average molecular weight is 789 g/mol. The van der Waals surface area contributed by atoms with E-state index >= 15 is 4.39 Å². The monoisotopic (exact) mass is 788 g/mol. The number of aromatic nitrogens is 3. The third-order valence-corrected chi connectivity index (χ3v) is 11.9. The molecule has 4 N–H and O–H groups in total. The molecule has 3 aliphatic rings. The Morgan fingerprint density at radius 3 is 2.83 bits per heavy atom. The van der Waals surface area contributed by atoms with Crippen LogP contribution in [0.25, 0.3) is 32.8 Å². The molecule has 300 valence electrons. The number of hydrogen-bond acceptors (Lipinski definition) is 11. The molecule has 3 aromatic carbocycles. The molecule has 5 aromatic rings. The van der Waals surface area contributed by atoms with Crippen LogP contribution in [0, 0.1) is 29.9 Å². The molecule has 4 atom stereocenters. The van der Waals surface area contributed by atoms with E-state index in [-0.39, 0.29) is 76.3 Å². The fourth-order valence-corrected chi connectivity index (χ4v) is 8.95. The van der Waals surface area contributed by atoms with Gasteiger partial charge in [-0.15, -0.1) is 6.42 Å². The smallest absolute Gasteiger partial charge is 0.319 e. The summed E-state index contributed by atoms with van der Waals surface area (Å²) in [6, 6.07) is 12.1. The number of pyridine rings is 1. The summed E-state index contributed by atoms with van der Waals surface area (Å²) in [6.07, 6.45) is 12.8. The Labute approximate surface area is 335 Å². The topological polar surface area (TPSA) is 145 Å². The molecular weight excluding hydrogens is 743 g/mol. The number of rotatable bonds is 10. The van der Waals surface area contributed by atoms with Gasteiger partial charge in [0.05, 0.1) is 28.4 Å². The van der Waals surface area contributed by atoms with Crippen molar-refractivity contribution in [3.63, 3.8) is 0 Å². The number of nitrogens with zero attached hydrogens (tertiary/aromatic N) is 4. The maximum atomic E-state index is 17.1. The van der Waals surface area contributed by atoms with Crippen molar-refractivity contribution in [3.05, 3.63) is 89.6 Å². The van der Waals surface area contributed by atoms with Crippen LogP contribution in [0.3, 0.4) is 0 Å². The van der Waals surface area contributed by atoms with E-state index in [1.807, 2.05) is 13.0 Å². The summed E-state index contributed by atoms with van der Waals surface area (Å²) in [5.74, 6) is 0.723. The third-order valence-electron chi connectivity index (χ3n) is 11.9. The first-order valence-corrected chi connectivity index (χ1v) is 19.8. The van der Waals surface area contributed by atoms with Gasteiger partial charge in [0.1, 0.15) is 41.9 Å². The van der Waals surface area contributed by atoms with Crippen molar-refractivity contribution in [1.29, 1.82) is 0 Å². The van der Waals surface area contributed by atoms with Crippen LogP contribution in [0.15, 0.2) is 66.9 Å². The summed E-state index contributed by atoms with van der Waals surface area (Å²) < 4.78 is 50.1. The first-order valence-electron chi connectivity index (χ1n) is 19.8. The molecule has 0 spiro atoms. The van der Waals surface area contributed by atoms with E-state index in [9.17, 15) is 14.3 Å². The molecule has 2 aromatic heterocycles. The van der Waals surface area contributed by atoms with Gasteiger partial charge >= 0.3 is 12.0 Å². The molecule has 5 heterocycles. The van der Waals surface area contributed by atoms with Gasteiger partial charge in [0, 0.05) is 48.5 Å². The zero-order chi connectivity index (χ0) is 40.6. The molecule has 8 rings (SSSR count). The number of hydrogen-bond donors (Lipinski definition) is 3. The molecule has 0 bridgehead atoms. The number of benzene rings is 3. The van der Waals surface area contributed by atoms with Gasteiger partial charge in [-0.05, 0) is 74.6 Å². The van der Waals surface area contributed by atoms with E-state index in [0.29, 0.717) is 48.1 Å². The van der Waals surface area contributed by atoms with Crippen LogP contribution < -0.4 is 15.8 Å². The maximum Gasteiger partial charge on any atom is 0.319 e. The Kier molecular flexibility index (Phi) is 10.9. The molecule has 0 amide bonds. The molecule has 58 heavy (non-hydrogen) atoms. The number of fused-ring (bicyclic) bond motifs is 3. The van der Waals surface area contributed by atoms with Crippen LogP contribution in [-0.4, -0.2) is 75.5 Å². The standard InChI is InChI=1S/C45H46F2N6O5/c1-4-31-35(46)14-13-28-10-7-11-33(37(28)31)34-21-36(54)38-40(39(34)47)51-44(52-42(38)50-27(3)32-12-8-18-49-41(32)48)58-25-45-17-15-30(53(45)23-26(2)22-45)24-57-43(55)29-9-5-6-19-56-20-16-29/h1,7-8,10-14,18,21,27,29-30,54H,2,5-6,9,15-17,19-20,22-25H2,3H3,(H2,48,49)(H,50,51,52). The molecular formula is C45H46F2N6O5. The molecule has 0 saturated carbocycles. The molecule has 13 heteroatoms. The second kappa shape index (κ2) is 16.2. The van der Waals surface area contributed by atoms with Crippen molar-refractivity contribution >= 4 is 39.3 Å². The number of phenols is 1. The first kappa shape index (κ1) is 39.0. The third kappa shape index (κ3) is 7.38. The van der Waals surface area contributed by atoms with Crippen molar-refractivity contribution in [1.82, 2.24) is 19.9 Å². The van der Waals surface area contributed by atoms with Gasteiger partial charge in [-0.1, -0.05) is 54.8 Å². The van der Waals surface area contributed by atoms with Crippen molar-refractivity contribution in [2.45, 2.75) is 69.5 Å². The lowest BCUT2D eigenvalue weighted by molar-refractivity contribution is -0.151. The number of terminal acetylenes is 1. The van der Waals surface area contributed by atoms with Crippen molar-refractivity contribution < 1.29 is 32.9 Å². The largest absolute Gasteiger partial charge is 0.507 e. The molecule has 3 aliphatic heterocycles. The summed E-state index contributed by atoms with van der Waals surface area (Å²) in [5, 5.41) is 15.9. The second-order valence-corrected chi connectivity index (χ2v) is 15.6. The van der Waals surface area contributed by atoms with Gasteiger partial charge in [-0.3, -0.25) is 9.69 Å². The Hall–Kier alpha value is -5.84. The zero-order valence-electron chi connectivity index (χ0n) is 32.4. The predicted molar refractivity (Wildman–Crippen MR) is 218 cm³/mol. The second-order valence-electron chi connectivity index (χ2n) is 15.6. The predicted octanol–water partition coefficient (Wildman–Crippen LogP) is 7.86. The van der Waals surface area contributed by atoms with Crippen LogP contribution in [0.2, 0.25) is 0 Å². The minimum absolute atomic E-state index is 0.0131. The lowest BCUT2D eigenvalue weighted by atomic mass is 9.93. The summed E-state index contributed by atoms with van der Waals surface area (Å²) in [7, 11) is 0. The van der Waals surface area contributed by atoms with Gasteiger partial charge in [-0.25, -0.2) is 13.8 Å². The van der Waals surface area contributed by atoms with E-state index in [4.69, 9.17) is 31.4 Å². The minimum atomic E-state index is -0.788. The Morgan fingerprint density at radius 2 is 2.00 bits per heavy atom. The van der Waals surface area contributed by atoms with Crippen molar-refractivity contribution in [2.75, 3.05) is 44.0 Å². The number of nitrogens with one attached hydrogen (secondary N) is 1. The average Bonchev–Trinajstić information content (AvgIpc) is 3.70. The number of esters is 1. The number of phenolic OH excluding ortho intramolecular Hbond substituents is 1. The number of carbonyl (C=O) groups is 1. The number of halogens is 2. The van der Waals surface area contributed by atoms with E-state index in [0.717, 1.165) is 44.3 Å². The lowest BCUT2D eigenvalue weighted by Crippen LogP contribution is -2.48. The van der Waals surface area contributed by atoms with Crippen LogP contribution in [0.4, 0.5) is 20.4 Å². The number of nitrogen functional groups attached to an aromatic ring is 1. The summed E-state index contributed by atoms with van der Waals surface area (Å²) in [5.41, 5.74) is 7.43. The number of ether oxygens (including phenoxy) is 3. The highest BCUT2D eigenvalue weighted by Crippen LogP contribution is 2.46. The molecule has 0 radical (unpaired) electrons. The Bertz CT molecular complexity index is 2450. The minimum Gasteiger partial charge on any atom is -0.507 e. The van der Waals surface area contributed by atoms with Gasteiger partial charge in [-0.2, -0.15) is 9.97 Å². The summed E-state index contributed by atoms with van der Waals surface area (Å²) >= 11 is 0. The SMILES string of the molecule is C#Cc1c(F)ccc2cccc(-c3cc(O)c4c(NC(C)c5cccnc5N)nc(OCC56CCC(COC(=O)C7CCCCOCC7)N5CC(=C)C6)nc4c3F)c12. The van der Waals surface area contributed by atoms with Gasteiger partial charge in [0.25, 0.3) is 0 Å². The molecule has 0 aliphatic carbocycles. The number of anilines is 2. The normalized spacial score (nSPS) is 21.6. The van der Waals surface area contributed by atoms with Crippen LogP contribution in [-0.2, 0) is 14.3 Å². The molecule has 3 fully saturated rings. The molecule has 4 unspecified atom stereocenters. The van der Waals surface area contributed by atoms with Crippen LogP contribution in [0.1, 0.15) is 69.0 Å². The highest BCUT2D eigenvalue weighted by Gasteiger charge is 2.51. The maximum absolute atomic E-state index is 17.1. The lowest BCUT2D eigenvalue weighted by Gasteiger charge is -2.34. The highest BCUT2D eigenvalue weighted by atomic mass is 19.1. The molecule has 3 saturated heterocycles. The zero-order valence-corrected chi connectivity index (χ0v) is 32.4. The van der Waals surface area contributed by atoms with Crippen LogP contribution >= 0.6 is 0 Å². The fraction of sp³-hybridized carbons (Fsp3) is 0.378. The van der Waals surface area contributed by atoms with Crippen molar-refractivity contribution in [3.8, 4) is 35.2 Å². The van der Waals surface area contributed by atoms with Crippen molar-refractivity contribution in [2.24, 2.45) is 5.92 Å². The molecule has 11 nitrogen and oxygen atoms in total. The van der Waals surface area contributed by atoms with E-state index in [2.05, 4.69) is 32.7 Å². The Morgan fingerprint density at radius 1 is 1.14 bits per heavy atom. The van der Waals surface area contributed by atoms with E-state index in [1.54, 1.807) is 36.5 Å². The van der Waals surface area contributed by atoms with Gasteiger partial charge in [0.15, 0.2) is 5.82 Å². The quantitative estimate of drug-likeness (QED) is 0.0723. The summed E-state index contributed by atoms with van der Waals surface area (Å²) in [6.45, 7) is 8.45. The highest BCUT2D eigenvalue weighted by molar-refractivity contribution is 6.05. The Balaban J connectivity index is 1.13. The van der Waals surface area contributed by atoms with Gasteiger partial charge < -0.3 is 30.4 Å². The van der Waals surface area contributed by atoms with E-state index < -0.39 is 23.2 Å². The van der Waals surface area contributed by atoms with Crippen LogP contribution in [0.5, 0.6) is 11.8 Å². The fourth-order valence-electron chi connectivity index (χ4n) is 8.95. The van der Waals surface area contributed by atoms with E-state index in [1.165, 1.54) is 12.1 Å².